The highest BCUT2D eigenvalue weighted by Crippen LogP contribution is 2.29. The highest BCUT2D eigenvalue weighted by atomic mass is 79.9. The van der Waals surface area contributed by atoms with Crippen molar-refractivity contribution in [3.05, 3.63) is 55.1 Å². The van der Waals surface area contributed by atoms with Gasteiger partial charge in [-0.3, -0.25) is 0 Å². The zero-order chi connectivity index (χ0) is 13.3. The number of aliphatic hydroxyl groups is 1. The largest absolute Gasteiger partial charge is 0.388 e. The average Bonchev–Trinajstić information content (AvgIpc) is 2.69. The summed E-state index contributed by atoms with van der Waals surface area (Å²) >= 11 is 10.2. The quantitative estimate of drug-likeness (QED) is 0.792. The van der Waals surface area contributed by atoms with Crippen molar-refractivity contribution in [1.82, 2.24) is 0 Å². The van der Waals surface area contributed by atoms with Gasteiger partial charge in [0.25, 0.3) is 0 Å². The number of rotatable bonds is 3. The highest BCUT2D eigenvalue weighted by molar-refractivity contribution is 9.10. The number of halogens is 4. The van der Waals surface area contributed by atoms with Crippen molar-refractivity contribution < 1.29 is 13.9 Å². The lowest BCUT2D eigenvalue weighted by molar-refractivity contribution is 0.174. The van der Waals surface area contributed by atoms with Crippen LogP contribution in [-0.2, 0) is 6.42 Å². The molecular weight excluding hydrogens is 346 g/mol. The molecule has 1 atom stereocenters. The number of hydrogen-bond acceptors (Lipinski definition) is 2. The molecule has 0 saturated carbocycles. The van der Waals surface area contributed by atoms with Crippen molar-refractivity contribution in [2.75, 3.05) is 0 Å². The van der Waals surface area contributed by atoms with Crippen LogP contribution in [0.15, 0.2) is 28.1 Å². The molecule has 0 amide bonds. The Kier molecular flexibility index (Phi) is 4.37. The molecule has 0 saturated heterocycles. The van der Waals surface area contributed by atoms with Gasteiger partial charge in [0.2, 0.25) is 0 Å². The molecule has 96 valence electrons. The molecule has 0 spiro atoms. The summed E-state index contributed by atoms with van der Waals surface area (Å²) in [4.78, 5) is 0.879. The van der Waals surface area contributed by atoms with Crippen LogP contribution >= 0.6 is 38.9 Å². The number of aliphatic hydroxyl groups excluding tert-OH is 1. The Labute approximate surface area is 120 Å². The van der Waals surface area contributed by atoms with Gasteiger partial charge >= 0.3 is 0 Å². The second-order valence-electron chi connectivity index (χ2n) is 3.74. The normalized spacial score (nSPS) is 12.7. The molecule has 1 nitrogen and oxygen atoms in total. The first-order chi connectivity index (χ1) is 8.47. The molecular formula is C12H8BrClF2OS. The monoisotopic (exact) mass is 352 g/mol. The van der Waals surface area contributed by atoms with Crippen molar-refractivity contribution in [3.8, 4) is 0 Å². The number of thiophene rings is 1. The fourth-order valence-corrected chi connectivity index (χ4v) is 3.19. The minimum atomic E-state index is -1.10. The lowest BCUT2D eigenvalue weighted by atomic mass is 10.1. The van der Waals surface area contributed by atoms with Gasteiger partial charge < -0.3 is 5.11 Å². The SMILES string of the molecule is OC(Cc1cc(Br)cs1)c1cc(F)c(Cl)cc1F. The molecule has 6 heteroatoms. The molecule has 0 fully saturated rings. The second-order valence-corrected chi connectivity index (χ2v) is 6.06. The molecule has 1 aromatic heterocycles. The van der Waals surface area contributed by atoms with Gasteiger partial charge in [-0.25, -0.2) is 8.78 Å². The molecule has 18 heavy (non-hydrogen) atoms. The topological polar surface area (TPSA) is 20.2 Å². The lowest BCUT2D eigenvalue weighted by Crippen LogP contribution is -2.04. The fraction of sp³-hybridized carbons (Fsp3) is 0.167. The molecule has 0 aliphatic carbocycles. The van der Waals surface area contributed by atoms with E-state index in [1.54, 1.807) is 0 Å². The van der Waals surface area contributed by atoms with Crippen LogP contribution in [-0.4, -0.2) is 5.11 Å². The molecule has 0 radical (unpaired) electrons. The van der Waals surface area contributed by atoms with Gasteiger partial charge in [0.1, 0.15) is 11.6 Å². The maximum atomic E-state index is 13.6. The van der Waals surface area contributed by atoms with Crippen LogP contribution < -0.4 is 0 Å². The summed E-state index contributed by atoms with van der Waals surface area (Å²) in [6, 6.07) is 3.64. The fourth-order valence-electron chi connectivity index (χ4n) is 1.55. The third-order valence-corrected chi connectivity index (χ3v) is 4.42. The van der Waals surface area contributed by atoms with E-state index in [4.69, 9.17) is 11.6 Å². The van der Waals surface area contributed by atoms with Crippen molar-refractivity contribution in [2.24, 2.45) is 0 Å². The summed E-state index contributed by atoms with van der Waals surface area (Å²) in [5.74, 6) is -1.44. The van der Waals surface area contributed by atoms with E-state index >= 15 is 0 Å². The van der Waals surface area contributed by atoms with E-state index in [1.807, 2.05) is 11.4 Å². The van der Waals surface area contributed by atoms with E-state index in [9.17, 15) is 13.9 Å². The van der Waals surface area contributed by atoms with Gasteiger partial charge in [-0.15, -0.1) is 11.3 Å². The molecule has 1 unspecified atom stereocenters. The minimum Gasteiger partial charge on any atom is -0.388 e. The summed E-state index contributed by atoms with van der Waals surface area (Å²) < 4.78 is 27.7. The molecule has 0 aliphatic heterocycles. The van der Waals surface area contributed by atoms with E-state index in [-0.39, 0.29) is 17.0 Å². The Balaban J connectivity index is 2.23. The third-order valence-electron chi connectivity index (χ3n) is 2.41. The molecule has 2 rings (SSSR count). The maximum Gasteiger partial charge on any atom is 0.142 e. The number of hydrogen-bond donors (Lipinski definition) is 1. The van der Waals surface area contributed by atoms with Gasteiger partial charge in [-0.2, -0.15) is 0 Å². The lowest BCUT2D eigenvalue weighted by Gasteiger charge is -2.11. The van der Waals surface area contributed by atoms with Crippen LogP contribution in [0.5, 0.6) is 0 Å². The first-order valence-corrected chi connectivity index (χ1v) is 7.08. The smallest absolute Gasteiger partial charge is 0.142 e. The van der Waals surface area contributed by atoms with Gasteiger partial charge in [-0.1, -0.05) is 11.6 Å². The predicted octanol–water partition coefficient (Wildman–Crippen LogP) is 4.72. The maximum absolute atomic E-state index is 13.6. The van der Waals surface area contributed by atoms with E-state index in [1.165, 1.54) is 11.3 Å². The van der Waals surface area contributed by atoms with Crippen LogP contribution in [0.25, 0.3) is 0 Å². The van der Waals surface area contributed by atoms with Crippen molar-refractivity contribution in [1.29, 1.82) is 0 Å². The van der Waals surface area contributed by atoms with Crippen LogP contribution in [0.3, 0.4) is 0 Å². The Hall–Kier alpha value is -0.490. The zero-order valence-electron chi connectivity index (χ0n) is 8.96. The molecule has 1 aromatic carbocycles. The Morgan fingerprint density at radius 2 is 2.00 bits per heavy atom. The summed E-state index contributed by atoms with van der Waals surface area (Å²) in [6.45, 7) is 0. The Morgan fingerprint density at radius 1 is 1.28 bits per heavy atom. The predicted molar refractivity (Wildman–Crippen MR) is 72.1 cm³/mol. The first kappa shape index (κ1) is 13.9. The molecule has 0 aliphatic rings. The van der Waals surface area contributed by atoms with E-state index in [2.05, 4.69) is 15.9 Å². The summed E-state index contributed by atoms with van der Waals surface area (Å²) in [7, 11) is 0. The van der Waals surface area contributed by atoms with Gasteiger partial charge in [-0.05, 0) is 34.1 Å². The Morgan fingerprint density at radius 3 is 2.61 bits per heavy atom. The average molecular weight is 354 g/mol. The number of benzene rings is 1. The highest BCUT2D eigenvalue weighted by Gasteiger charge is 2.17. The van der Waals surface area contributed by atoms with E-state index in [0.29, 0.717) is 0 Å². The molecule has 0 bridgehead atoms. The standard InChI is InChI=1S/C12H8BrClF2OS/c13-6-1-7(18-5-6)2-12(17)8-3-11(16)9(14)4-10(8)15/h1,3-5,12,17H,2H2. The van der Waals surface area contributed by atoms with Crippen molar-refractivity contribution in [3.63, 3.8) is 0 Å². The van der Waals surface area contributed by atoms with Crippen molar-refractivity contribution in [2.45, 2.75) is 12.5 Å². The van der Waals surface area contributed by atoms with Crippen LogP contribution in [0.1, 0.15) is 16.5 Å². The third kappa shape index (κ3) is 3.09. The summed E-state index contributed by atoms with van der Waals surface area (Å²) in [5, 5.41) is 11.5. The molecule has 1 N–H and O–H groups in total. The molecule has 2 aromatic rings. The first-order valence-electron chi connectivity index (χ1n) is 5.03. The van der Waals surface area contributed by atoms with Crippen LogP contribution in [0, 0.1) is 11.6 Å². The van der Waals surface area contributed by atoms with E-state index < -0.39 is 17.7 Å². The summed E-state index contributed by atoms with van der Waals surface area (Å²) in [6.07, 6.45) is -0.865. The van der Waals surface area contributed by atoms with Gasteiger partial charge in [0.15, 0.2) is 0 Å². The summed E-state index contributed by atoms with van der Waals surface area (Å²) in [5.41, 5.74) is -0.0820. The minimum absolute atomic E-state index is 0.0820. The van der Waals surface area contributed by atoms with E-state index in [0.717, 1.165) is 21.5 Å². The zero-order valence-corrected chi connectivity index (χ0v) is 12.1. The van der Waals surface area contributed by atoms with Gasteiger partial charge in [0, 0.05) is 26.7 Å². The second kappa shape index (κ2) is 5.65. The molecule has 1 heterocycles. The van der Waals surface area contributed by atoms with Crippen LogP contribution in [0.4, 0.5) is 8.78 Å². The van der Waals surface area contributed by atoms with Crippen LogP contribution in [0.2, 0.25) is 5.02 Å². The van der Waals surface area contributed by atoms with Crippen molar-refractivity contribution >= 4 is 38.9 Å². The van der Waals surface area contributed by atoms with Gasteiger partial charge in [0.05, 0.1) is 11.1 Å². The Bertz CT molecular complexity index is 573.